The van der Waals surface area contributed by atoms with E-state index in [9.17, 15) is 14.9 Å². The van der Waals surface area contributed by atoms with Gasteiger partial charge in [0, 0.05) is 18.3 Å². The predicted molar refractivity (Wildman–Crippen MR) is 93.9 cm³/mol. The van der Waals surface area contributed by atoms with Crippen LogP contribution in [0.3, 0.4) is 0 Å². The van der Waals surface area contributed by atoms with Crippen LogP contribution >= 0.6 is 0 Å². The van der Waals surface area contributed by atoms with Gasteiger partial charge in [0.1, 0.15) is 5.69 Å². The van der Waals surface area contributed by atoms with Crippen LogP contribution in [0.1, 0.15) is 23.3 Å². The average Bonchev–Trinajstić information content (AvgIpc) is 3.11. The van der Waals surface area contributed by atoms with Crippen LogP contribution in [0.4, 0.5) is 5.69 Å². The zero-order chi connectivity index (χ0) is 18.5. The number of hydrogen-bond acceptors (Lipinski definition) is 6. The molecule has 9 nitrogen and oxygen atoms in total. The molecular formula is C17H21N5O4. The summed E-state index contributed by atoms with van der Waals surface area (Å²) in [5, 5.41) is 18.2. The van der Waals surface area contributed by atoms with Gasteiger partial charge in [0.2, 0.25) is 0 Å². The zero-order valence-electron chi connectivity index (χ0n) is 14.5. The van der Waals surface area contributed by atoms with E-state index in [1.54, 1.807) is 24.4 Å². The summed E-state index contributed by atoms with van der Waals surface area (Å²) in [6.45, 7) is 1.90. The van der Waals surface area contributed by atoms with E-state index >= 15 is 0 Å². The van der Waals surface area contributed by atoms with E-state index in [0.29, 0.717) is 5.69 Å². The van der Waals surface area contributed by atoms with Crippen molar-refractivity contribution in [1.29, 1.82) is 0 Å². The second-order valence-corrected chi connectivity index (χ2v) is 6.29. The van der Waals surface area contributed by atoms with Gasteiger partial charge < -0.3 is 15.0 Å². The van der Waals surface area contributed by atoms with Gasteiger partial charge in [-0.2, -0.15) is 5.10 Å². The zero-order valence-corrected chi connectivity index (χ0v) is 14.5. The minimum absolute atomic E-state index is 0.0215. The minimum Gasteiger partial charge on any atom is -0.464 e. The molecule has 26 heavy (non-hydrogen) atoms. The van der Waals surface area contributed by atoms with Crippen molar-refractivity contribution in [3.63, 3.8) is 0 Å². The van der Waals surface area contributed by atoms with Crippen LogP contribution < -0.4 is 10.1 Å². The second kappa shape index (κ2) is 7.96. The molecule has 1 saturated heterocycles. The van der Waals surface area contributed by atoms with E-state index in [1.165, 1.54) is 16.8 Å². The number of nitro groups is 1. The van der Waals surface area contributed by atoms with Gasteiger partial charge in [-0.25, -0.2) is 4.68 Å². The van der Waals surface area contributed by atoms with E-state index < -0.39 is 4.92 Å². The molecule has 138 valence electrons. The van der Waals surface area contributed by atoms with Crippen molar-refractivity contribution >= 4 is 11.6 Å². The lowest BCUT2D eigenvalue weighted by atomic mass is 10.1. The van der Waals surface area contributed by atoms with Crippen molar-refractivity contribution in [3.05, 3.63) is 52.3 Å². The quantitative estimate of drug-likeness (QED) is 0.621. The maximum Gasteiger partial charge on any atom is 0.311 e. The van der Waals surface area contributed by atoms with Crippen molar-refractivity contribution in [2.75, 3.05) is 20.1 Å². The highest BCUT2D eigenvalue weighted by Crippen LogP contribution is 2.25. The molecule has 0 radical (unpaired) electrons. The Morgan fingerprint density at radius 2 is 2.08 bits per heavy atom. The smallest absolute Gasteiger partial charge is 0.311 e. The highest BCUT2D eigenvalue weighted by Gasteiger charge is 2.20. The van der Waals surface area contributed by atoms with E-state index in [0.717, 1.165) is 25.9 Å². The molecule has 1 fully saturated rings. The van der Waals surface area contributed by atoms with Crippen molar-refractivity contribution < 1.29 is 14.5 Å². The van der Waals surface area contributed by atoms with Crippen molar-refractivity contribution in [3.8, 4) is 5.75 Å². The number of benzene rings is 1. The van der Waals surface area contributed by atoms with Crippen LogP contribution in [0.15, 0.2) is 36.5 Å². The molecule has 0 unspecified atom stereocenters. The number of nitrogens with zero attached hydrogens (tertiary/aromatic N) is 4. The molecule has 0 aliphatic carbocycles. The van der Waals surface area contributed by atoms with Crippen molar-refractivity contribution in [2.45, 2.75) is 25.6 Å². The number of nitro benzene ring substituents is 1. The van der Waals surface area contributed by atoms with E-state index in [4.69, 9.17) is 4.74 Å². The Morgan fingerprint density at radius 3 is 2.81 bits per heavy atom. The Kier molecular flexibility index (Phi) is 5.47. The Bertz CT molecular complexity index is 783. The first kappa shape index (κ1) is 17.9. The third-order valence-electron chi connectivity index (χ3n) is 4.34. The molecule has 1 aliphatic rings. The third-order valence-corrected chi connectivity index (χ3v) is 4.34. The van der Waals surface area contributed by atoms with E-state index in [1.807, 2.05) is 0 Å². The molecule has 1 N–H and O–H groups in total. The number of piperidine rings is 1. The summed E-state index contributed by atoms with van der Waals surface area (Å²) in [4.78, 5) is 25.0. The van der Waals surface area contributed by atoms with Crippen LogP contribution in [0.2, 0.25) is 0 Å². The molecule has 0 atom stereocenters. The molecule has 0 bridgehead atoms. The SMILES string of the molecule is CN1CCC(NC(=O)c2ccn(COc3ccccc3[N+](=O)[O-])n2)CC1. The fourth-order valence-electron chi connectivity index (χ4n) is 2.83. The molecule has 1 amide bonds. The Hall–Kier alpha value is -2.94. The number of carbonyl (C=O) groups excluding carboxylic acids is 1. The highest BCUT2D eigenvalue weighted by atomic mass is 16.6. The number of para-hydroxylation sites is 2. The number of aromatic nitrogens is 2. The Balaban J connectivity index is 1.56. The third kappa shape index (κ3) is 4.37. The molecular weight excluding hydrogens is 338 g/mol. The van der Waals surface area contributed by atoms with Crippen LogP contribution in [-0.4, -0.2) is 51.7 Å². The van der Waals surface area contributed by atoms with Gasteiger partial charge >= 0.3 is 5.69 Å². The summed E-state index contributed by atoms with van der Waals surface area (Å²) in [5.41, 5.74) is 0.190. The summed E-state index contributed by atoms with van der Waals surface area (Å²) in [6, 6.07) is 7.89. The molecule has 0 saturated carbocycles. The highest BCUT2D eigenvalue weighted by molar-refractivity contribution is 5.92. The predicted octanol–water partition coefficient (Wildman–Crippen LogP) is 1.65. The first-order valence-corrected chi connectivity index (χ1v) is 8.42. The van der Waals surface area contributed by atoms with Crippen LogP contribution in [0.5, 0.6) is 5.75 Å². The summed E-state index contributed by atoms with van der Waals surface area (Å²) in [5.74, 6) is -0.0608. The van der Waals surface area contributed by atoms with Gasteiger partial charge in [0.15, 0.2) is 12.5 Å². The lowest BCUT2D eigenvalue weighted by Crippen LogP contribution is -2.43. The topological polar surface area (TPSA) is 103 Å². The van der Waals surface area contributed by atoms with Crippen molar-refractivity contribution in [2.24, 2.45) is 0 Å². The summed E-state index contributed by atoms with van der Waals surface area (Å²) >= 11 is 0. The summed E-state index contributed by atoms with van der Waals surface area (Å²) in [6.07, 6.45) is 3.45. The maximum atomic E-state index is 12.3. The molecule has 9 heteroatoms. The van der Waals surface area contributed by atoms with Crippen LogP contribution in [-0.2, 0) is 6.73 Å². The fourth-order valence-corrected chi connectivity index (χ4v) is 2.83. The van der Waals surface area contributed by atoms with Crippen LogP contribution in [0, 0.1) is 10.1 Å². The average molecular weight is 359 g/mol. The Labute approximate surface area is 150 Å². The summed E-state index contributed by atoms with van der Waals surface area (Å²) < 4.78 is 6.89. The number of nitrogens with one attached hydrogen (secondary N) is 1. The minimum atomic E-state index is -0.501. The van der Waals surface area contributed by atoms with Crippen molar-refractivity contribution in [1.82, 2.24) is 20.0 Å². The van der Waals surface area contributed by atoms with Gasteiger partial charge in [-0.05, 0) is 45.1 Å². The van der Waals surface area contributed by atoms with Gasteiger partial charge in [0.25, 0.3) is 5.91 Å². The standard InChI is InChI=1S/C17H21N5O4/c1-20-9-6-13(7-10-20)18-17(23)14-8-11-21(19-14)12-26-16-5-3-2-4-15(16)22(24)25/h2-5,8,11,13H,6-7,9-10,12H2,1H3,(H,18,23). The van der Waals surface area contributed by atoms with Crippen LogP contribution in [0.25, 0.3) is 0 Å². The normalized spacial score (nSPS) is 15.6. The first-order valence-electron chi connectivity index (χ1n) is 8.42. The lowest BCUT2D eigenvalue weighted by molar-refractivity contribution is -0.386. The molecule has 2 aromatic rings. The molecule has 1 aromatic heterocycles. The molecule has 0 spiro atoms. The fraction of sp³-hybridized carbons (Fsp3) is 0.412. The number of likely N-dealkylation sites (tertiary alicyclic amines) is 1. The Morgan fingerprint density at radius 1 is 1.35 bits per heavy atom. The number of rotatable bonds is 6. The van der Waals surface area contributed by atoms with Gasteiger partial charge in [-0.3, -0.25) is 14.9 Å². The largest absolute Gasteiger partial charge is 0.464 e. The molecule has 2 heterocycles. The number of amides is 1. The second-order valence-electron chi connectivity index (χ2n) is 6.29. The van der Waals surface area contributed by atoms with Gasteiger partial charge in [-0.15, -0.1) is 0 Å². The number of hydrogen-bond donors (Lipinski definition) is 1. The number of ether oxygens (including phenoxy) is 1. The van der Waals surface area contributed by atoms with E-state index in [-0.39, 0.29) is 30.1 Å². The lowest BCUT2D eigenvalue weighted by Gasteiger charge is -2.29. The monoisotopic (exact) mass is 359 g/mol. The van der Waals surface area contributed by atoms with E-state index in [2.05, 4.69) is 22.4 Å². The van der Waals surface area contributed by atoms with Gasteiger partial charge in [0.05, 0.1) is 4.92 Å². The first-order chi connectivity index (χ1) is 12.5. The van der Waals surface area contributed by atoms with Gasteiger partial charge in [-0.1, -0.05) is 12.1 Å². The molecule has 3 rings (SSSR count). The molecule has 1 aliphatic heterocycles. The molecule has 1 aromatic carbocycles. The summed E-state index contributed by atoms with van der Waals surface area (Å²) in [7, 11) is 2.07. The number of carbonyl (C=O) groups is 1. The maximum absolute atomic E-state index is 12.3.